The van der Waals surface area contributed by atoms with Gasteiger partial charge < -0.3 is 126 Å². The monoisotopic (exact) mass is 1810 g/mol. The van der Waals surface area contributed by atoms with Crippen molar-refractivity contribution < 1.29 is 103 Å². The van der Waals surface area contributed by atoms with Crippen LogP contribution in [0, 0.1) is 17.8 Å². The molecule has 7 aromatic rings. The Kier molecular flexibility index (Phi) is 38.2. The Labute approximate surface area is 751 Å². The average Bonchev–Trinajstić information content (AvgIpc) is 1.65. The number of phenolic OH excluding ortho intramolecular Hbond substituents is 2. The van der Waals surface area contributed by atoms with Gasteiger partial charge in [0.2, 0.25) is 76.8 Å². The summed E-state index contributed by atoms with van der Waals surface area (Å²) in [5.41, 5.74) is 15.4. The van der Waals surface area contributed by atoms with Gasteiger partial charge in [-0.25, -0.2) is 9.78 Å². The second kappa shape index (κ2) is 48.7. The van der Waals surface area contributed by atoms with Gasteiger partial charge in [-0.05, 0) is 155 Å². The molecule has 704 valence electrons. The van der Waals surface area contributed by atoms with Gasteiger partial charge in [0.15, 0.2) is 0 Å². The molecule has 1 saturated heterocycles. The molecule has 16 atom stereocenters. The lowest BCUT2D eigenvalue weighted by Crippen LogP contribution is -2.62. The molecular formula is C90H123N19O21. The number of carbonyl (C=O) groups is 15. The molecule has 0 bridgehead atoms. The van der Waals surface area contributed by atoms with Gasteiger partial charge in [-0.1, -0.05) is 102 Å². The Morgan fingerprint density at radius 1 is 0.438 bits per heavy atom. The minimum Gasteiger partial charge on any atom is -0.508 e. The number of H-pyrrole nitrogens is 3. The molecule has 13 amide bonds. The lowest BCUT2D eigenvalue weighted by atomic mass is 9.98. The molecule has 4 aromatic carbocycles. The SMILES string of the molecule is CC(C)C[C@H](NC(=O)[C@H](CCCCN)NC(=O)[C@@H](NC(=O)[C@H](CC(C)C)NC(=O)[C@@H]1CCCN1C(=O)[C@H](CC(=O)O)NC(=O)[C@H](Cc1ccc(O)cc1)NC(=O)[C@H](Cc1c[nH]c2ccccc12)NC(=O)[C@H](Cc1ccc(O)cc1)NC(=O)[C@H](C)N)[C@@H](C)O)C(=O)N[C@@H](Cc1c[nH]c2ccccc12)C(=O)N[C@@H](CC(C)C)C(=O)N[C@H](C(=O)N[C@@H](Cc1cnc[nH]1)C(=O)O)[C@@H](C)O. The summed E-state index contributed by atoms with van der Waals surface area (Å²) in [4.78, 5) is 229. The zero-order valence-electron chi connectivity index (χ0n) is 74.2. The van der Waals surface area contributed by atoms with E-state index in [1.54, 1.807) is 102 Å². The lowest BCUT2D eigenvalue weighted by Gasteiger charge is -2.31. The second-order valence-corrected chi connectivity index (χ2v) is 34.3. The number of phenols is 2. The van der Waals surface area contributed by atoms with Crippen molar-refractivity contribution in [2.75, 3.05) is 13.1 Å². The van der Waals surface area contributed by atoms with Crippen LogP contribution in [0.1, 0.15) is 148 Å². The van der Waals surface area contributed by atoms with Crippen LogP contribution < -0.4 is 75.3 Å². The lowest BCUT2D eigenvalue weighted by molar-refractivity contribution is -0.146. The van der Waals surface area contributed by atoms with E-state index in [1.165, 1.54) is 81.8 Å². The van der Waals surface area contributed by atoms with Crippen LogP contribution in [0.15, 0.2) is 122 Å². The van der Waals surface area contributed by atoms with Crippen molar-refractivity contribution in [1.29, 1.82) is 0 Å². The first-order chi connectivity index (χ1) is 61.7. The average molecular weight is 1810 g/mol. The van der Waals surface area contributed by atoms with E-state index in [9.17, 15) is 83.4 Å². The number of aliphatic carboxylic acids is 2. The van der Waals surface area contributed by atoms with E-state index in [-0.39, 0.29) is 119 Å². The maximum Gasteiger partial charge on any atom is 0.326 e. The molecule has 130 heavy (non-hydrogen) atoms. The number of benzene rings is 4. The van der Waals surface area contributed by atoms with Crippen molar-refractivity contribution in [3.05, 3.63) is 150 Å². The maximum absolute atomic E-state index is 15.1. The van der Waals surface area contributed by atoms with E-state index < -0.39 is 192 Å². The quantitative estimate of drug-likeness (QED) is 0.0224. The number of fused-ring (bicyclic) bond motifs is 2. The van der Waals surface area contributed by atoms with Crippen molar-refractivity contribution in [2.24, 2.45) is 29.2 Å². The van der Waals surface area contributed by atoms with Gasteiger partial charge in [-0.2, -0.15) is 0 Å². The molecule has 8 rings (SSSR count). The summed E-state index contributed by atoms with van der Waals surface area (Å²) in [6.07, 6.45) is 0.701. The number of aromatic hydroxyl groups is 2. The van der Waals surface area contributed by atoms with E-state index in [0.717, 1.165) is 4.90 Å². The maximum atomic E-state index is 15.1. The molecule has 1 aliphatic rings. The van der Waals surface area contributed by atoms with Gasteiger partial charge in [0.25, 0.3) is 0 Å². The third-order valence-corrected chi connectivity index (χ3v) is 22.0. The molecule has 3 aromatic heterocycles. The first-order valence-electron chi connectivity index (χ1n) is 43.5. The summed E-state index contributed by atoms with van der Waals surface area (Å²) in [5, 5.41) is 95.6. The molecule has 25 N–H and O–H groups in total. The highest BCUT2D eigenvalue weighted by molar-refractivity contribution is 6.02. The second-order valence-electron chi connectivity index (χ2n) is 34.3. The molecule has 0 aliphatic carbocycles. The molecule has 0 saturated carbocycles. The van der Waals surface area contributed by atoms with Crippen LogP contribution in [-0.4, -0.2) is 254 Å². The van der Waals surface area contributed by atoms with Gasteiger partial charge in [0, 0.05) is 84.7 Å². The fourth-order valence-electron chi connectivity index (χ4n) is 15.2. The summed E-state index contributed by atoms with van der Waals surface area (Å²) in [6.45, 7) is 14.2. The number of nitrogens with one attached hydrogen (secondary N) is 15. The number of nitrogens with zero attached hydrogens (tertiary/aromatic N) is 2. The summed E-state index contributed by atoms with van der Waals surface area (Å²) in [7, 11) is 0. The number of para-hydroxylation sites is 2. The number of aromatic nitrogens is 4. The molecule has 40 heteroatoms. The number of carboxylic acids is 2. The van der Waals surface area contributed by atoms with Gasteiger partial charge in [-0.3, -0.25) is 67.1 Å². The first-order valence-corrected chi connectivity index (χ1v) is 43.5. The summed E-state index contributed by atoms with van der Waals surface area (Å²) in [5.74, 6) is -16.7. The predicted octanol–water partition coefficient (Wildman–Crippen LogP) is 0.0408. The Hall–Kier alpha value is -13.3. The van der Waals surface area contributed by atoms with Crippen molar-refractivity contribution in [3.8, 4) is 11.5 Å². The normalized spacial score (nSPS) is 16.1. The number of rotatable bonds is 50. The fourth-order valence-corrected chi connectivity index (χ4v) is 15.2. The molecule has 0 unspecified atom stereocenters. The van der Waals surface area contributed by atoms with Gasteiger partial charge in [0.1, 0.15) is 90.0 Å². The van der Waals surface area contributed by atoms with Crippen molar-refractivity contribution >= 4 is 111 Å². The smallest absolute Gasteiger partial charge is 0.326 e. The van der Waals surface area contributed by atoms with Crippen molar-refractivity contribution in [1.82, 2.24) is 88.6 Å². The number of hydrogen-bond donors (Lipinski definition) is 23. The molecule has 1 fully saturated rings. The highest BCUT2D eigenvalue weighted by Gasteiger charge is 2.44. The first kappa shape index (κ1) is 102. The minimum atomic E-state index is -1.94. The number of hydrogen-bond acceptors (Lipinski definition) is 22. The number of likely N-dealkylation sites (tertiary alicyclic amines) is 1. The number of amides is 13. The Morgan fingerprint density at radius 2 is 0.823 bits per heavy atom. The number of unbranched alkanes of at least 4 members (excludes halogenated alkanes) is 1. The number of nitrogens with two attached hydrogens (primary N) is 2. The molecule has 1 aliphatic heterocycles. The number of imidazole rings is 1. The summed E-state index contributed by atoms with van der Waals surface area (Å²) in [6, 6.07) is 3.95. The van der Waals surface area contributed by atoms with Crippen LogP contribution in [0.4, 0.5) is 0 Å². The van der Waals surface area contributed by atoms with E-state index in [1.807, 2.05) is 0 Å². The topological polar surface area (TPSA) is 637 Å². The van der Waals surface area contributed by atoms with E-state index in [0.29, 0.717) is 56.2 Å². The van der Waals surface area contributed by atoms with E-state index >= 15 is 19.2 Å². The van der Waals surface area contributed by atoms with Crippen LogP contribution in [0.25, 0.3) is 21.8 Å². The number of aliphatic hydroxyl groups is 2. The Bertz CT molecular complexity index is 5050. The van der Waals surface area contributed by atoms with Crippen LogP contribution >= 0.6 is 0 Å². The number of aliphatic hydroxyl groups excluding tert-OH is 2. The molecule has 4 heterocycles. The third-order valence-electron chi connectivity index (χ3n) is 22.0. The van der Waals surface area contributed by atoms with Crippen LogP contribution in [0.2, 0.25) is 0 Å². The fraction of sp³-hybridized carbons (Fsp3) is 0.489. The van der Waals surface area contributed by atoms with Crippen molar-refractivity contribution in [3.63, 3.8) is 0 Å². The molecule has 0 radical (unpaired) electrons. The van der Waals surface area contributed by atoms with E-state index in [2.05, 4.69) is 83.7 Å². The zero-order valence-corrected chi connectivity index (χ0v) is 74.2. The third kappa shape index (κ3) is 30.4. The van der Waals surface area contributed by atoms with Crippen LogP contribution in [0.3, 0.4) is 0 Å². The number of carbonyl (C=O) groups excluding carboxylic acids is 13. The highest BCUT2D eigenvalue weighted by Crippen LogP contribution is 2.26. The predicted molar refractivity (Wildman–Crippen MR) is 476 cm³/mol. The Morgan fingerprint density at radius 3 is 1.23 bits per heavy atom. The van der Waals surface area contributed by atoms with Gasteiger partial charge in [-0.15, -0.1) is 0 Å². The number of carboxylic acid groups (broad SMARTS) is 2. The van der Waals surface area contributed by atoms with Crippen LogP contribution in [0.5, 0.6) is 11.5 Å². The van der Waals surface area contributed by atoms with E-state index in [4.69, 9.17) is 11.5 Å². The summed E-state index contributed by atoms with van der Waals surface area (Å²) >= 11 is 0. The zero-order chi connectivity index (χ0) is 95.3. The molecule has 0 spiro atoms. The Balaban J connectivity index is 0.984. The molecular weight excluding hydrogens is 1680 g/mol. The number of aromatic amines is 3. The van der Waals surface area contributed by atoms with Gasteiger partial charge in [0.05, 0.1) is 31.0 Å². The molecule has 40 nitrogen and oxygen atoms in total. The summed E-state index contributed by atoms with van der Waals surface area (Å²) < 4.78 is 0. The minimum absolute atomic E-state index is 0.0479. The van der Waals surface area contributed by atoms with Crippen LogP contribution in [-0.2, 0) is 104 Å². The van der Waals surface area contributed by atoms with Gasteiger partial charge >= 0.3 is 11.9 Å². The van der Waals surface area contributed by atoms with Crippen molar-refractivity contribution in [2.45, 2.75) is 249 Å². The largest absolute Gasteiger partial charge is 0.508 e. The standard InChI is InChI=1S/C90H123N19O21/c1-46(2)33-64(79(118)102-69(38-54-42-94-61-19-12-10-17-59(54)61)82(121)100-65(34-47(3)4)84(123)108-76(51(9)111)88(127)106-72(90(129)130)40-56-44-93-45-96-56)99-78(117)63(21-14-15-31-91)97-87(126)75(50(8)110)107-85(124)66(35-48(5)6)104-86(125)73-22-16-32-109(73)89(128)71(41-74(114)115)105-81(120)68(37-53-25-29-58(113)30-26-53)101-83(122)70(39-55-43-95-62-20-13-11-18-60(55)62)103-80(119)67(98-77(116)49(7)92)36-52-23-27-57(112)28-24-52/h10-13,17-20,23-30,42-51,63-73,75-76,94-95,110-113H,14-16,21-22,31-41,91-92H2,1-9H3,(H,93,96)(H,97,126)(H,98,116)(H,99,117)(H,100,121)(H,101,122)(H,102,118)(H,103,119)(H,104,125)(H,105,120)(H,106,127)(H,107,124)(H,108,123)(H,114,115)(H,129,130)/t49-,50+,51+,63-,64-,65-,66-,67-,68-,69-,70-,71-,72-,73-,75-,76-/m0/s1. The highest BCUT2D eigenvalue weighted by atomic mass is 16.4.